The molecule has 0 radical (unpaired) electrons. The van der Waals surface area contributed by atoms with Gasteiger partial charge >= 0.3 is 21.3 Å². The number of phosphoric ester groups is 1. The van der Waals surface area contributed by atoms with Gasteiger partial charge in [0.25, 0.3) is 0 Å². The SMILES string of the molecule is Nc1ccn([C@@H]2O[C@](CCl)(COP(=O)(O)OP(=O)(O)O)[C@@H](O)[C@H]2F)c(=O)n1. The molecule has 6 N–H and O–H groups in total. The van der Waals surface area contributed by atoms with E-state index in [1.165, 1.54) is 0 Å². The lowest BCUT2D eigenvalue weighted by molar-refractivity contribution is -0.113. The summed E-state index contributed by atoms with van der Waals surface area (Å²) < 4.78 is 50.6. The van der Waals surface area contributed by atoms with Crippen molar-refractivity contribution >= 4 is 33.1 Å². The van der Waals surface area contributed by atoms with Crippen molar-refractivity contribution in [1.82, 2.24) is 9.55 Å². The monoisotopic (exact) mass is 453 g/mol. The molecule has 154 valence electrons. The quantitative estimate of drug-likeness (QED) is 0.256. The van der Waals surface area contributed by atoms with Gasteiger partial charge < -0.3 is 30.3 Å². The van der Waals surface area contributed by atoms with E-state index in [2.05, 4.69) is 13.8 Å². The van der Waals surface area contributed by atoms with Crippen LogP contribution in [-0.2, 0) is 22.7 Å². The Kier molecular flexibility index (Phi) is 6.49. The second-order valence-electron chi connectivity index (χ2n) is 5.45. The fraction of sp³-hybridized carbons (Fsp3) is 0.600. The first kappa shape index (κ1) is 22.4. The van der Waals surface area contributed by atoms with Crippen LogP contribution in [0, 0.1) is 0 Å². The number of anilines is 1. The Bertz CT molecular complexity index is 851. The fourth-order valence-electron chi connectivity index (χ4n) is 2.27. The lowest BCUT2D eigenvalue weighted by Crippen LogP contribution is -2.47. The summed E-state index contributed by atoms with van der Waals surface area (Å²) in [4.78, 5) is 41.6. The van der Waals surface area contributed by atoms with E-state index in [-0.39, 0.29) is 5.82 Å². The summed E-state index contributed by atoms with van der Waals surface area (Å²) in [6, 6.07) is 1.16. The summed E-state index contributed by atoms with van der Waals surface area (Å²) in [5, 5.41) is 10.1. The van der Waals surface area contributed by atoms with E-state index < -0.39 is 57.9 Å². The van der Waals surface area contributed by atoms with Crippen molar-refractivity contribution in [2.45, 2.75) is 24.1 Å². The van der Waals surface area contributed by atoms with Gasteiger partial charge in [-0.15, -0.1) is 11.6 Å². The molecule has 2 heterocycles. The zero-order valence-electron chi connectivity index (χ0n) is 13.2. The molecule has 0 saturated carbocycles. The maximum absolute atomic E-state index is 14.5. The zero-order chi connectivity index (χ0) is 20.6. The van der Waals surface area contributed by atoms with Gasteiger partial charge in [0.05, 0.1) is 12.5 Å². The Morgan fingerprint density at radius 3 is 2.59 bits per heavy atom. The van der Waals surface area contributed by atoms with Crippen molar-refractivity contribution in [3.63, 3.8) is 0 Å². The minimum absolute atomic E-state index is 0.145. The molecule has 1 aromatic rings. The van der Waals surface area contributed by atoms with Crippen LogP contribution in [0.3, 0.4) is 0 Å². The van der Waals surface area contributed by atoms with Gasteiger partial charge in [-0.25, -0.2) is 18.3 Å². The van der Waals surface area contributed by atoms with Crippen molar-refractivity contribution < 1.29 is 46.9 Å². The molecule has 0 aliphatic carbocycles. The predicted octanol–water partition coefficient (Wildman–Crippen LogP) is -0.743. The second-order valence-corrected chi connectivity index (χ2v) is 8.55. The average Bonchev–Trinajstić information content (AvgIpc) is 2.76. The van der Waals surface area contributed by atoms with E-state index in [9.17, 15) is 28.3 Å². The van der Waals surface area contributed by atoms with E-state index in [1.54, 1.807) is 0 Å². The normalized spacial score (nSPS) is 31.0. The van der Waals surface area contributed by atoms with Gasteiger partial charge in [0.2, 0.25) is 0 Å². The first-order valence-corrected chi connectivity index (χ1v) is 10.5. The number of aliphatic hydroxyl groups is 1. The van der Waals surface area contributed by atoms with Gasteiger partial charge in [0, 0.05) is 6.20 Å². The average molecular weight is 454 g/mol. The van der Waals surface area contributed by atoms with Gasteiger partial charge in [-0.05, 0) is 6.07 Å². The highest BCUT2D eigenvalue weighted by Gasteiger charge is 2.57. The van der Waals surface area contributed by atoms with Gasteiger partial charge in [-0.2, -0.15) is 9.29 Å². The molecule has 1 saturated heterocycles. The lowest BCUT2D eigenvalue weighted by Gasteiger charge is -2.29. The molecule has 17 heteroatoms. The Labute approximate surface area is 155 Å². The third-order valence-corrected chi connectivity index (χ3v) is 6.09. The van der Waals surface area contributed by atoms with Crippen molar-refractivity contribution in [2.24, 2.45) is 0 Å². The number of hydrogen-bond acceptors (Lipinski definition) is 9. The number of nitrogens with two attached hydrogens (primary N) is 1. The van der Waals surface area contributed by atoms with Crippen LogP contribution >= 0.6 is 27.2 Å². The van der Waals surface area contributed by atoms with Crippen LogP contribution in [0.5, 0.6) is 0 Å². The molecule has 1 fully saturated rings. The van der Waals surface area contributed by atoms with Gasteiger partial charge in [-0.3, -0.25) is 9.09 Å². The Hall–Kier alpha value is -0.920. The predicted molar refractivity (Wildman–Crippen MR) is 86.3 cm³/mol. The molecule has 0 amide bonds. The molecule has 1 aliphatic rings. The Balaban J connectivity index is 2.25. The fourth-order valence-corrected chi connectivity index (χ4v) is 4.21. The van der Waals surface area contributed by atoms with Crippen LogP contribution in [0.4, 0.5) is 10.2 Å². The molecule has 1 unspecified atom stereocenters. The topological polar surface area (TPSA) is 204 Å². The molecule has 0 bridgehead atoms. The third-order valence-electron chi connectivity index (χ3n) is 3.50. The van der Waals surface area contributed by atoms with Crippen molar-refractivity contribution in [2.75, 3.05) is 18.2 Å². The molecule has 1 aromatic heterocycles. The van der Waals surface area contributed by atoms with E-state index >= 15 is 0 Å². The number of nitrogen functional groups attached to an aromatic ring is 1. The smallest absolute Gasteiger partial charge is 0.387 e. The van der Waals surface area contributed by atoms with Crippen LogP contribution in [0.15, 0.2) is 17.1 Å². The number of hydrogen-bond donors (Lipinski definition) is 5. The molecular formula is C10H15ClFN3O10P2. The van der Waals surface area contributed by atoms with E-state index in [0.717, 1.165) is 12.3 Å². The minimum Gasteiger partial charge on any atom is -0.387 e. The first-order chi connectivity index (χ1) is 12.3. The highest BCUT2D eigenvalue weighted by molar-refractivity contribution is 7.60. The molecule has 13 nitrogen and oxygen atoms in total. The molecule has 27 heavy (non-hydrogen) atoms. The first-order valence-electron chi connectivity index (χ1n) is 6.95. The number of aliphatic hydroxyl groups excluding tert-OH is 1. The van der Waals surface area contributed by atoms with Crippen molar-refractivity contribution in [3.05, 3.63) is 22.7 Å². The second kappa shape index (κ2) is 7.84. The number of ether oxygens (including phenoxy) is 1. The molecule has 5 atom stereocenters. The number of rotatable bonds is 7. The summed E-state index contributed by atoms with van der Waals surface area (Å²) in [6.07, 6.45) is -4.97. The summed E-state index contributed by atoms with van der Waals surface area (Å²) in [7, 11) is -10.7. The summed E-state index contributed by atoms with van der Waals surface area (Å²) in [5.41, 5.74) is 2.18. The Morgan fingerprint density at radius 1 is 1.44 bits per heavy atom. The largest absolute Gasteiger partial charge is 0.481 e. The number of nitrogens with zero attached hydrogens (tertiary/aromatic N) is 2. The van der Waals surface area contributed by atoms with Crippen LogP contribution in [0.25, 0.3) is 0 Å². The standard InChI is InChI=1S/C10H15ClFN3O10P2/c11-3-10(4-23-27(21,22)25-26(18,19)20)7(16)6(12)8(24-10)15-2-1-5(13)14-9(15)17/h1-2,6-8,16H,3-4H2,(H,21,22)(H2,13,14,17)(H2,18,19,20)/t6-,7+,8-,10-/m1/s1. The van der Waals surface area contributed by atoms with Crippen molar-refractivity contribution in [1.29, 1.82) is 0 Å². The van der Waals surface area contributed by atoms with Crippen LogP contribution in [-0.4, -0.2) is 59.7 Å². The molecule has 1 aliphatic heterocycles. The molecule has 2 rings (SSSR count). The highest BCUT2D eigenvalue weighted by Crippen LogP contribution is 2.58. The summed E-state index contributed by atoms with van der Waals surface area (Å²) in [6.45, 7) is -1.10. The molecule has 0 spiro atoms. The summed E-state index contributed by atoms with van der Waals surface area (Å²) in [5.74, 6) is -0.828. The maximum Gasteiger partial charge on any atom is 0.481 e. The van der Waals surface area contributed by atoms with Gasteiger partial charge in [0.1, 0.15) is 17.5 Å². The number of aromatic nitrogens is 2. The maximum atomic E-state index is 14.5. The Morgan fingerprint density at radius 2 is 2.07 bits per heavy atom. The number of phosphoric acid groups is 2. The van der Waals surface area contributed by atoms with Gasteiger partial charge in [-0.1, -0.05) is 0 Å². The minimum atomic E-state index is -5.39. The molecule has 0 aromatic carbocycles. The molecular weight excluding hydrogens is 439 g/mol. The van der Waals surface area contributed by atoms with Crippen LogP contribution in [0.1, 0.15) is 6.23 Å². The zero-order valence-corrected chi connectivity index (χ0v) is 15.7. The van der Waals surface area contributed by atoms with Crippen LogP contribution in [0.2, 0.25) is 0 Å². The third kappa shape index (κ3) is 5.12. The highest BCUT2D eigenvalue weighted by atomic mass is 35.5. The summed E-state index contributed by atoms with van der Waals surface area (Å²) >= 11 is 5.68. The van der Waals surface area contributed by atoms with Gasteiger partial charge in [0.15, 0.2) is 12.4 Å². The number of alkyl halides is 2. The van der Waals surface area contributed by atoms with E-state index in [0.29, 0.717) is 4.57 Å². The van der Waals surface area contributed by atoms with Crippen LogP contribution < -0.4 is 11.4 Å². The van der Waals surface area contributed by atoms with Crippen molar-refractivity contribution in [3.8, 4) is 0 Å². The lowest BCUT2D eigenvalue weighted by atomic mass is 9.99. The number of halogens is 2. The van der Waals surface area contributed by atoms with E-state index in [4.69, 9.17) is 31.9 Å². The van der Waals surface area contributed by atoms with E-state index in [1.807, 2.05) is 0 Å².